The summed E-state index contributed by atoms with van der Waals surface area (Å²) >= 11 is 0. The molecule has 1 aromatic carbocycles. The molecule has 1 fully saturated rings. The molecule has 0 spiro atoms. The van der Waals surface area contributed by atoms with Gasteiger partial charge in [-0.25, -0.2) is 0 Å². The van der Waals surface area contributed by atoms with Crippen molar-refractivity contribution in [2.75, 3.05) is 13.2 Å². The van der Waals surface area contributed by atoms with Crippen molar-refractivity contribution >= 4 is 0 Å². The summed E-state index contributed by atoms with van der Waals surface area (Å²) in [7, 11) is 0. The van der Waals surface area contributed by atoms with Crippen LogP contribution in [0.25, 0.3) is 0 Å². The van der Waals surface area contributed by atoms with E-state index in [4.69, 9.17) is 20.3 Å². The van der Waals surface area contributed by atoms with Crippen LogP contribution >= 0.6 is 0 Å². The first-order valence-electron chi connectivity index (χ1n) is 7.84. The van der Waals surface area contributed by atoms with Crippen molar-refractivity contribution in [3.05, 3.63) is 30.3 Å². The van der Waals surface area contributed by atoms with Crippen LogP contribution in [0.3, 0.4) is 0 Å². The van der Waals surface area contributed by atoms with Crippen LogP contribution in [0.15, 0.2) is 30.3 Å². The summed E-state index contributed by atoms with van der Waals surface area (Å²) in [5.41, 5.74) is 5.43. The van der Waals surface area contributed by atoms with Gasteiger partial charge in [0.25, 0.3) is 5.97 Å². The van der Waals surface area contributed by atoms with Crippen molar-refractivity contribution in [1.29, 1.82) is 0 Å². The van der Waals surface area contributed by atoms with Crippen molar-refractivity contribution in [2.24, 2.45) is 11.1 Å². The van der Waals surface area contributed by atoms with Gasteiger partial charge in [0.1, 0.15) is 11.8 Å². The molecule has 6 heteroatoms. The Hall–Kier alpha value is -1.18. The quantitative estimate of drug-likeness (QED) is 0.660. The van der Waals surface area contributed by atoms with Crippen LogP contribution in [0.1, 0.15) is 34.6 Å². The Morgan fingerprint density at radius 1 is 1.09 bits per heavy atom. The zero-order chi connectivity index (χ0) is 18.1. The van der Waals surface area contributed by atoms with Crippen molar-refractivity contribution < 1.29 is 24.8 Å². The summed E-state index contributed by atoms with van der Waals surface area (Å²) in [4.78, 5) is 0. The van der Waals surface area contributed by atoms with Crippen LogP contribution in [0.2, 0.25) is 0 Å². The molecule has 1 heterocycles. The van der Waals surface area contributed by atoms with Crippen molar-refractivity contribution in [1.82, 2.24) is 0 Å². The van der Waals surface area contributed by atoms with Gasteiger partial charge in [0.05, 0.1) is 19.3 Å². The molecule has 1 aliphatic rings. The highest BCUT2D eigenvalue weighted by atomic mass is 16.8. The van der Waals surface area contributed by atoms with E-state index in [1.807, 2.05) is 33.8 Å². The molecule has 5 N–H and O–H groups in total. The predicted molar refractivity (Wildman–Crippen MR) is 89.7 cm³/mol. The molecule has 134 valence electrons. The second-order valence-electron chi connectivity index (χ2n) is 5.97. The molecular weight excluding hydrogens is 298 g/mol. The molecule has 2 unspecified atom stereocenters. The molecule has 0 saturated carbocycles. The molecule has 0 aliphatic carbocycles. The first kappa shape index (κ1) is 21.8. The summed E-state index contributed by atoms with van der Waals surface area (Å²) in [6, 6.07) is 7.75. The maximum absolute atomic E-state index is 9.81. The van der Waals surface area contributed by atoms with E-state index in [1.165, 1.54) is 6.92 Å². The lowest BCUT2D eigenvalue weighted by Crippen LogP contribution is -2.61. The standard InChI is InChI=1S/C9H19NO4.C6H6O.C2H6/c1-6(11)7(10)9(12)13-4-8(2,3)5-14-9;7-6-4-2-1-3-5-6;1-2/h6-7,11-12H,4-5,10H2,1-3H3;1-5,7H;1-2H3. The molecule has 0 aromatic heterocycles. The minimum atomic E-state index is -1.86. The van der Waals surface area contributed by atoms with E-state index in [0.717, 1.165) is 0 Å². The van der Waals surface area contributed by atoms with Crippen LogP contribution in [0.4, 0.5) is 0 Å². The Balaban J connectivity index is 0.000000449. The number of aliphatic hydroxyl groups is 2. The summed E-state index contributed by atoms with van der Waals surface area (Å²) in [6.45, 7) is 10.1. The molecule has 2 rings (SSSR count). The maximum Gasteiger partial charge on any atom is 0.299 e. The average molecular weight is 329 g/mol. The van der Waals surface area contributed by atoms with Gasteiger partial charge in [-0.1, -0.05) is 45.9 Å². The van der Waals surface area contributed by atoms with Gasteiger partial charge in [0.15, 0.2) is 0 Å². The minimum Gasteiger partial charge on any atom is -0.508 e. The van der Waals surface area contributed by atoms with Crippen molar-refractivity contribution in [3.8, 4) is 5.75 Å². The molecule has 1 aromatic rings. The topological polar surface area (TPSA) is 105 Å². The number of phenolic OH excluding ortho intramolecular Hbond substituents is 1. The number of hydrogen-bond acceptors (Lipinski definition) is 6. The third kappa shape index (κ3) is 7.76. The number of hydrogen-bond donors (Lipinski definition) is 4. The van der Waals surface area contributed by atoms with Gasteiger partial charge in [-0.3, -0.25) is 0 Å². The van der Waals surface area contributed by atoms with Crippen LogP contribution < -0.4 is 5.73 Å². The van der Waals surface area contributed by atoms with Crippen molar-refractivity contribution in [3.63, 3.8) is 0 Å². The Labute approximate surface area is 138 Å². The fraction of sp³-hybridized carbons (Fsp3) is 0.647. The minimum absolute atomic E-state index is 0.134. The smallest absolute Gasteiger partial charge is 0.299 e. The lowest BCUT2D eigenvalue weighted by atomic mass is 9.95. The molecule has 0 bridgehead atoms. The van der Waals surface area contributed by atoms with Crippen LogP contribution in [-0.2, 0) is 9.47 Å². The van der Waals surface area contributed by atoms with E-state index in [9.17, 15) is 10.2 Å². The van der Waals surface area contributed by atoms with Crippen molar-refractivity contribution in [2.45, 2.75) is 52.7 Å². The number of benzene rings is 1. The normalized spacial score (nSPS) is 20.9. The Kier molecular flexibility index (Phi) is 9.34. The summed E-state index contributed by atoms with van der Waals surface area (Å²) in [5, 5.41) is 27.7. The highest BCUT2D eigenvalue weighted by Crippen LogP contribution is 2.29. The highest BCUT2D eigenvalue weighted by molar-refractivity contribution is 5.18. The Bertz CT molecular complexity index is 412. The fourth-order valence-corrected chi connectivity index (χ4v) is 1.61. The van der Waals surface area contributed by atoms with Gasteiger partial charge in [0, 0.05) is 5.41 Å². The molecule has 1 aliphatic heterocycles. The van der Waals surface area contributed by atoms with E-state index in [1.54, 1.807) is 24.3 Å². The van der Waals surface area contributed by atoms with Crippen LogP contribution in [-0.4, -0.2) is 46.7 Å². The second kappa shape index (κ2) is 9.85. The molecule has 2 atom stereocenters. The number of ether oxygens (including phenoxy) is 2. The number of phenols is 1. The average Bonchev–Trinajstić information content (AvgIpc) is 2.53. The predicted octanol–water partition coefficient (Wildman–Crippen LogP) is 1.83. The van der Waals surface area contributed by atoms with Crippen LogP contribution in [0.5, 0.6) is 5.75 Å². The van der Waals surface area contributed by atoms with E-state index in [0.29, 0.717) is 19.0 Å². The van der Waals surface area contributed by atoms with Gasteiger partial charge in [-0.2, -0.15) is 0 Å². The van der Waals surface area contributed by atoms with Crippen LogP contribution in [0, 0.1) is 5.41 Å². The molecule has 0 radical (unpaired) electrons. The summed E-state index contributed by atoms with van der Waals surface area (Å²) < 4.78 is 10.3. The third-order valence-corrected chi connectivity index (χ3v) is 3.04. The first-order chi connectivity index (χ1) is 10.7. The zero-order valence-electron chi connectivity index (χ0n) is 14.7. The zero-order valence-corrected chi connectivity index (χ0v) is 14.7. The fourth-order valence-electron chi connectivity index (χ4n) is 1.61. The lowest BCUT2D eigenvalue weighted by Gasteiger charge is -2.43. The molecular formula is C17H31NO5. The molecule has 6 nitrogen and oxygen atoms in total. The summed E-state index contributed by atoms with van der Waals surface area (Å²) in [6.07, 6.45) is -0.888. The summed E-state index contributed by atoms with van der Waals surface area (Å²) in [5.74, 6) is -1.54. The van der Waals surface area contributed by atoms with Gasteiger partial charge < -0.3 is 30.5 Å². The monoisotopic (exact) mass is 329 g/mol. The number of rotatable bonds is 2. The maximum atomic E-state index is 9.81. The first-order valence-corrected chi connectivity index (χ1v) is 7.84. The molecule has 0 amide bonds. The third-order valence-electron chi connectivity index (χ3n) is 3.04. The van der Waals surface area contributed by atoms with E-state index in [2.05, 4.69) is 0 Å². The van der Waals surface area contributed by atoms with E-state index >= 15 is 0 Å². The lowest BCUT2D eigenvalue weighted by molar-refractivity contribution is -0.413. The highest BCUT2D eigenvalue weighted by Gasteiger charge is 2.45. The SMILES string of the molecule is CC.CC(O)C(N)C1(O)OCC(C)(C)CO1.Oc1ccccc1. The number of aliphatic hydroxyl groups excluding tert-OH is 1. The Morgan fingerprint density at radius 2 is 1.52 bits per heavy atom. The van der Waals surface area contributed by atoms with E-state index < -0.39 is 18.1 Å². The van der Waals surface area contributed by atoms with Gasteiger partial charge in [-0.15, -0.1) is 0 Å². The largest absolute Gasteiger partial charge is 0.508 e. The van der Waals surface area contributed by atoms with Gasteiger partial charge in [-0.05, 0) is 19.1 Å². The second-order valence-corrected chi connectivity index (χ2v) is 5.97. The van der Waals surface area contributed by atoms with Gasteiger partial charge >= 0.3 is 0 Å². The molecule has 23 heavy (non-hydrogen) atoms. The molecule has 1 saturated heterocycles. The Morgan fingerprint density at radius 3 is 1.83 bits per heavy atom. The number of aromatic hydroxyl groups is 1. The van der Waals surface area contributed by atoms with Gasteiger partial charge in [0.2, 0.25) is 0 Å². The number of nitrogens with two attached hydrogens (primary N) is 1. The number of para-hydroxylation sites is 1. The van der Waals surface area contributed by atoms with E-state index in [-0.39, 0.29) is 5.41 Å².